The normalized spacial score (nSPS) is 12.9. The molecule has 14 heavy (non-hydrogen) atoms. The van der Waals surface area contributed by atoms with Crippen LogP contribution in [0.25, 0.3) is 0 Å². The molecule has 0 saturated heterocycles. The first-order valence-electron chi connectivity index (χ1n) is 4.81. The summed E-state index contributed by atoms with van der Waals surface area (Å²) in [5.74, 6) is 0.508. The third-order valence-corrected chi connectivity index (χ3v) is 3.02. The molecule has 0 aliphatic carbocycles. The summed E-state index contributed by atoms with van der Waals surface area (Å²) in [6.07, 6.45) is 2.01. The van der Waals surface area contributed by atoms with Crippen LogP contribution in [0.2, 0.25) is 10.0 Å². The molecule has 0 radical (unpaired) electrons. The summed E-state index contributed by atoms with van der Waals surface area (Å²) in [4.78, 5) is 0. The Bertz CT molecular complexity index is 295. The largest absolute Gasteiger partial charge is 0.330 e. The molecule has 0 amide bonds. The molecule has 0 spiro atoms. The fourth-order valence-corrected chi connectivity index (χ4v) is 1.88. The molecule has 1 atom stereocenters. The minimum absolute atomic E-state index is 0.508. The van der Waals surface area contributed by atoms with E-state index in [1.54, 1.807) is 6.07 Å². The Kier molecular flexibility index (Phi) is 4.73. The second kappa shape index (κ2) is 5.59. The van der Waals surface area contributed by atoms with Crippen molar-refractivity contribution in [1.82, 2.24) is 0 Å². The van der Waals surface area contributed by atoms with Crippen molar-refractivity contribution >= 4 is 23.2 Å². The topological polar surface area (TPSA) is 26.0 Å². The maximum atomic E-state index is 6.06. The second-order valence-corrected chi connectivity index (χ2v) is 4.29. The van der Waals surface area contributed by atoms with Crippen LogP contribution < -0.4 is 5.73 Å². The molecule has 0 heterocycles. The van der Waals surface area contributed by atoms with Crippen molar-refractivity contribution < 1.29 is 0 Å². The van der Waals surface area contributed by atoms with E-state index < -0.39 is 0 Å². The molecule has 1 unspecified atom stereocenters. The zero-order chi connectivity index (χ0) is 10.6. The van der Waals surface area contributed by atoms with E-state index in [4.69, 9.17) is 28.9 Å². The van der Waals surface area contributed by atoms with Gasteiger partial charge in [0.2, 0.25) is 0 Å². The van der Waals surface area contributed by atoms with Crippen molar-refractivity contribution in [2.75, 3.05) is 6.54 Å². The van der Waals surface area contributed by atoms with Crippen LogP contribution in [0.1, 0.15) is 18.9 Å². The standard InChI is InChI=1S/C11H15Cl2N/c1-2-8(7-14)5-9-3-4-10(12)6-11(9)13/h3-4,6,8H,2,5,7,14H2,1H3. The van der Waals surface area contributed by atoms with E-state index in [2.05, 4.69) is 6.92 Å². The van der Waals surface area contributed by atoms with E-state index in [9.17, 15) is 0 Å². The van der Waals surface area contributed by atoms with Gasteiger partial charge in [-0.2, -0.15) is 0 Å². The van der Waals surface area contributed by atoms with Gasteiger partial charge >= 0.3 is 0 Å². The van der Waals surface area contributed by atoms with Crippen LogP contribution >= 0.6 is 23.2 Å². The Labute approximate surface area is 95.2 Å². The fourth-order valence-electron chi connectivity index (χ4n) is 1.39. The van der Waals surface area contributed by atoms with Gasteiger partial charge in [0.05, 0.1) is 0 Å². The lowest BCUT2D eigenvalue weighted by Gasteiger charge is -2.13. The van der Waals surface area contributed by atoms with E-state index in [1.165, 1.54) is 0 Å². The molecule has 0 bridgehead atoms. The number of hydrogen-bond donors (Lipinski definition) is 1. The Morgan fingerprint density at radius 1 is 1.36 bits per heavy atom. The van der Waals surface area contributed by atoms with Gasteiger partial charge < -0.3 is 5.73 Å². The van der Waals surface area contributed by atoms with Gasteiger partial charge in [-0.15, -0.1) is 0 Å². The van der Waals surface area contributed by atoms with Gasteiger partial charge in [-0.05, 0) is 36.6 Å². The lowest BCUT2D eigenvalue weighted by Crippen LogP contribution is -2.15. The monoisotopic (exact) mass is 231 g/mol. The summed E-state index contributed by atoms with van der Waals surface area (Å²) in [5, 5.41) is 1.42. The van der Waals surface area contributed by atoms with Crippen LogP contribution in [-0.4, -0.2) is 6.54 Å². The third-order valence-electron chi connectivity index (χ3n) is 2.43. The molecule has 2 N–H and O–H groups in total. The number of hydrogen-bond acceptors (Lipinski definition) is 1. The smallest absolute Gasteiger partial charge is 0.0452 e. The molecule has 1 rings (SSSR count). The zero-order valence-electron chi connectivity index (χ0n) is 8.26. The first-order chi connectivity index (χ1) is 6.67. The predicted molar refractivity (Wildman–Crippen MR) is 63.0 cm³/mol. The quantitative estimate of drug-likeness (QED) is 0.844. The van der Waals surface area contributed by atoms with Gasteiger partial charge in [0.25, 0.3) is 0 Å². The van der Waals surface area contributed by atoms with Crippen LogP contribution in [-0.2, 0) is 6.42 Å². The van der Waals surface area contributed by atoms with Crippen LogP contribution in [0.4, 0.5) is 0 Å². The third kappa shape index (κ3) is 3.16. The highest BCUT2D eigenvalue weighted by Crippen LogP contribution is 2.23. The van der Waals surface area contributed by atoms with Gasteiger partial charge in [0.15, 0.2) is 0 Å². The maximum Gasteiger partial charge on any atom is 0.0452 e. The first kappa shape index (κ1) is 11.8. The Balaban J connectivity index is 2.76. The highest BCUT2D eigenvalue weighted by atomic mass is 35.5. The molecule has 0 aromatic heterocycles. The minimum Gasteiger partial charge on any atom is -0.330 e. The summed E-state index contributed by atoms with van der Waals surface area (Å²) in [5.41, 5.74) is 6.77. The fraction of sp³-hybridized carbons (Fsp3) is 0.455. The predicted octanol–water partition coefficient (Wildman–Crippen LogP) is 3.52. The Morgan fingerprint density at radius 2 is 2.07 bits per heavy atom. The summed E-state index contributed by atoms with van der Waals surface area (Å²) in [7, 11) is 0. The van der Waals surface area contributed by atoms with Gasteiger partial charge in [-0.1, -0.05) is 42.6 Å². The first-order valence-corrected chi connectivity index (χ1v) is 5.57. The minimum atomic E-state index is 0.508. The SMILES string of the molecule is CCC(CN)Cc1ccc(Cl)cc1Cl. The summed E-state index contributed by atoms with van der Waals surface area (Å²) in [6.45, 7) is 2.84. The number of rotatable bonds is 4. The van der Waals surface area contributed by atoms with Crippen molar-refractivity contribution in [3.63, 3.8) is 0 Å². The van der Waals surface area contributed by atoms with Gasteiger partial charge in [-0.3, -0.25) is 0 Å². The van der Waals surface area contributed by atoms with Crippen LogP contribution in [0.5, 0.6) is 0 Å². The van der Waals surface area contributed by atoms with Crippen molar-refractivity contribution in [2.24, 2.45) is 11.7 Å². The van der Waals surface area contributed by atoms with Crippen molar-refractivity contribution in [3.8, 4) is 0 Å². The van der Waals surface area contributed by atoms with Crippen LogP contribution in [0.15, 0.2) is 18.2 Å². The van der Waals surface area contributed by atoms with Crippen LogP contribution in [0, 0.1) is 5.92 Å². The molecular weight excluding hydrogens is 217 g/mol. The van der Waals surface area contributed by atoms with Gasteiger partial charge in [0, 0.05) is 10.0 Å². The Morgan fingerprint density at radius 3 is 2.57 bits per heavy atom. The number of nitrogens with two attached hydrogens (primary N) is 1. The Hall–Kier alpha value is -0.240. The van der Waals surface area contributed by atoms with Crippen molar-refractivity contribution in [2.45, 2.75) is 19.8 Å². The highest BCUT2D eigenvalue weighted by Gasteiger charge is 2.08. The molecule has 3 heteroatoms. The number of benzene rings is 1. The van der Waals surface area contributed by atoms with Gasteiger partial charge in [-0.25, -0.2) is 0 Å². The summed E-state index contributed by atoms with van der Waals surface area (Å²) in [6, 6.07) is 5.62. The molecule has 78 valence electrons. The molecule has 1 aromatic carbocycles. The number of halogens is 2. The van der Waals surface area contributed by atoms with Crippen molar-refractivity contribution in [3.05, 3.63) is 33.8 Å². The van der Waals surface area contributed by atoms with E-state index in [1.807, 2.05) is 12.1 Å². The van der Waals surface area contributed by atoms with Crippen molar-refractivity contribution in [1.29, 1.82) is 0 Å². The molecule has 0 aliphatic heterocycles. The highest BCUT2D eigenvalue weighted by molar-refractivity contribution is 6.35. The van der Waals surface area contributed by atoms with E-state index >= 15 is 0 Å². The lowest BCUT2D eigenvalue weighted by atomic mass is 9.97. The lowest BCUT2D eigenvalue weighted by molar-refractivity contribution is 0.519. The zero-order valence-corrected chi connectivity index (χ0v) is 9.78. The second-order valence-electron chi connectivity index (χ2n) is 3.45. The summed E-state index contributed by atoms with van der Waals surface area (Å²) < 4.78 is 0. The molecule has 1 aromatic rings. The van der Waals surface area contributed by atoms with E-state index in [-0.39, 0.29) is 0 Å². The molecule has 0 aliphatic rings. The van der Waals surface area contributed by atoms with Gasteiger partial charge in [0.1, 0.15) is 0 Å². The molecule has 0 fully saturated rings. The average molecular weight is 232 g/mol. The van der Waals surface area contributed by atoms with E-state index in [0.29, 0.717) is 17.5 Å². The molecule has 0 saturated carbocycles. The average Bonchev–Trinajstić information content (AvgIpc) is 2.17. The maximum absolute atomic E-state index is 6.06. The molecule has 1 nitrogen and oxygen atoms in total. The summed E-state index contributed by atoms with van der Waals surface area (Å²) >= 11 is 11.9. The van der Waals surface area contributed by atoms with E-state index in [0.717, 1.165) is 23.4 Å². The van der Waals surface area contributed by atoms with Crippen LogP contribution in [0.3, 0.4) is 0 Å². The molecular formula is C11H15Cl2N.